The molecular formula is C24H28FN3O5. The molecule has 2 aliphatic heterocycles. The fraction of sp³-hybridized carbons (Fsp3) is 0.417. The lowest BCUT2D eigenvalue weighted by atomic mass is 9.84. The second-order valence-corrected chi connectivity index (χ2v) is 8.30. The highest BCUT2D eigenvalue weighted by Gasteiger charge is 2.46. The van der Waals surface area contributed by atoms with Crippen LogP contribution in [0.1, 0.15) is 37.7 Å². The van der Waals surface area contributed by atoms with E-state index in [0.717, 1.165) is 12.0 Å². The van der Waals surface area contributed by atoms with Gasteiger partial charge in [0.15, 0.2) is 0 Å². The zero-order chi connectivity index (χ0) is 23.4. The van der Waals surface area contributed by atoms with Gasteiger partial charge in [0.1, 0.15) is 23.8 Å². The fourth-order valence-electron chi connectivity index (χ4n) is 4.34. The zero-order valence-corrected chi connectivity index (χ0v) is 18.3. The quantitative estimate of drug-likeness (QED) is 0.510. The maximum atomic E-state index is 13.1. The second-order valence-electron chi connectivity index (χ2n) is 8.30. The largest absolute Gasteiger partial charge is 0.487 e. The van der Waals surface area contributed by atoms with Crippen molar-refractivity contribution in [3.63, 3.8) is 0 Å². The van der Waals surface area contributed by atoms with E-state index in [2.05, 4.69) is 16.0 Å². The summed E-state index contributed by atoms with van der Waals surface area (Å²) in [7, 11) is 0. The van der Waals surface area contributed by atoms with Crippen LogP contribution in [0.15, 0.2) is 42.5 Å². The van der Waals surface area contributed by atoms with E-state index in [0.29, 0.717) is 30.1 Å². The summed E-state index contributed by atoms with van der Waals surface area (Å²) < 4.78 is 25.1. The molecule has 1 saturated heterocycles. The van der Waals surface area contributed by atoms with Crippen molar-refractivity contribution in [1.29, 1.82) is 0 Å². The van der Waals surface area contributed by atoms with E-state index >= 15 is 0 Å². The highest BCUT2D eigenvalue weighted by atomic mass is 19.1. The average Bonchev–Trinajstić information content (AvgIpc) is 3.16. The number of hydrogen-bond acceptors (Lipinski definition) is 5. The first-order valence-corrected chi connectivity index (χ1v) is 11.1. The smallest absolute Gasteiger partial charge is 0.323 e. The Kier molecular flexibility index (Phi) is 7.10. The maximum absolute atomic E-state index is 13.1. The Bertz CT molecular complexity index is 1000. The number of nitrogens with one attached hydrogen (secondary N) is 3. The molecule has 33 heavy (non-hydrogen) atoms. The predicted molar refractivity (Wildman–Crippen MR) is 121 cm³/mol. The van der Waals surface area contributed by atoms with Crippen LogP contribution in [0.4, 0.5) is 20.6 Å². The molecule has 0 unspecified atom stereocenters. The van der Waals surface area contributed by atoms with Gasteiger partial charge in [-0.05, 0) is 55.3 Å². The Morgan fingerprint density at radius 3 is 2.58 bits per heavy atom. The minimum Gasteiger partial charge on any atom is -0.487 e. The lowest BCUT2D eigenvalue weighted by molar-refractivity contribution is -0.142. The van der Waals surface area contributed by atoms with Crippen molar-refractivity contribution in [2.75, 3.05) is 23.8 Å². The van der Waals surface area contributed by atoms with Crippen LogP contribution in [0.2, 0.25) is 0 Å². The van der Waals surface area contributed by atoms with E-state index in [-0.39, 0.29) is 42.9 Å². The van der Waals surface area contributed by atoms with Gasteiger partial charge in [-0.1, -0.05) is 6.92 Å². The highest BCUT2D eigenvalue weighted by Crippen LogP contribution is 2.47. The SMILES string of the molecule is CCCNC(=O)C[C@@H]1C[C@@H]2c3cc(NC(=O)Nc4ccc(F)cc4)ccc3O[C@@H]2[C@H](CO)O1. The van der Waals surface area contributed by atoms with E-state index in [9.17, 15) is 19.1 Å². The summed E-state index contributed by atoms with van der Waals surface area (Å²) in [5, 5.41) is 18.1. The Morgan fingerprint density at radius 1 is 1.12 bits per heavy atom. The van der Waals surface area contributed by atoms with Crippen LogP contribution in [-0.2, 0) is 9.53 Å². The van der Waals surface area contributed by atoms with Crippen molar-refractivity contribution in [2.45, 2.75) is 50.4 Å². The standard InChI is InChI=1S/C24H28FN3O5/c1-2-9-26-22(30)12-17-11-19-18-10-16(7-8-20(18)33-23(19)21(13-29)32-17)28-24(31)27-15-5-3-14(25)4-6-15/h3-8,10,17,19,21,23,29H,2,9,11-13H2,1H3,(H,26,30)(H2,27,28,31)/t17-,19+,21-,23-/m0/s1. The molecule has 9 heteroatoms. The number of urea groups is 1. The molecule has 0 bridgehead atoms. The Morgan fingerprint density at radius 2 is 1.85 bits per heavy atom. The van der Waals surface area contributed by atoms with Gasteiger partial charge in [-0.25, -0.2) is 9.18 Å². The molecule has 0 radical (unpaired) electrons. The number of fused-ring (bicyclic) bond motifs is 3. The molecule has 0 spiro atoms. The molecule has 2 aromatic rings. The Balaban J connectivity index is 1.45. The van der Waals surface area contributed by atoms with Gasteiger partial charge in [0.05, 0.1) is 19.1 Å². The van der Waals surface area contributed by atoms with Gasteiger partial charge in [-0.2, -0.15) is 0 Å². The first-order chi connectivity index (χ1) is 16.0. The monoisotopic (exact) mass is 457 g/mol. The van der Waals surface area contributed by atoms with Gasteiger partial charge in [-0.15, -0.1) is 0 Å². The van der Waals surface area contributed by atoms with Crippen LogP contribution in [0.5, 0.6) is 5.75 Å². The first kappa shape index (κ1) is 23.0. The average molecular weight is 458 g/mol. The van der Waals surface area contributed by atoms with Crippen LogP contribution in [0.3, 0.4) is 0 Å². The molecule has 4 rings (SSSR count). The molecule has 4 atom stereocenters. The third-order valence-corrected chi connectivity index (χ3v) is 5.84. The van der Waals surface area contributed by atoms with Crippen LogP contribution in [0, 0.1) is 5.82 Å². The second kappa shape index (κ2) is 10.2. The molecule has 2 aromatic carbocycles. The number of rotatable bonds is 7. The molecular weight excluding hydrogens is 429 g/mol. The van der Waals surface area contributed by atoms with E-state index < -0.39 is 12.1 Å². The lowest BCUT2D eigenvalue weighted by Crippen LogP contribution is -2.47. The predicted octanol–water partition coefficient (Wildman–Crippen LogP) is 3.38. The van der Waals surface area contributed by atoms with Crippen molar-refractivity contribution >= 4 is 23.3 Å². The topological polar surface area (TPSA) is 109 Å². The number of amides is 3. The molecule has 0 aliphatic carbocycles. The molecule has 2 heterocycles. The van der Waals surface area contributed by atoms with Crippen LogP contribution >= 0.6 is 0 Å². The van der Waals surface area contributed by atoms with E-state index in [1.165, 1.54) is 24.3 Å². The van der Waals surface area contributed by atoms with E-state index in [1.807, 2.05) is 13.0 Å². The zero-order valence-electron chi connectivity index (χ0n) is 18.3. The number of anilines is 2. The fourth-order valence-corrected chi connectivity index (χ4v) is 4.34. The summed E-state index contributed by atoms with van der Waals surface area (Å²) in [6, 6.07) is 10.4. The lowest BCUT2D eigenvalue weighted by Gasteiger charge is -2.37. The van der Waals surface area contributed by atoms with Crippen molar-refractivity contribution < 1.29 is 28.6 Å². The molecule has 3 amide bonds. The summed E-state index contributed by atoms with van der Waals surface area (Å²) in [5.41, 5.74) is 1.94. The van der Waals surface area contributed by atoms with Gasteiger partial charge in [-0.3, -0.25) is 4.79 Å². The molecule has 2 aliphatic rings. The molecule has 4 N–H and O–H groups in total. The molecule has 0 saturated carbocycles. The summed E-state index contributed by atoms with van der Waals surface area (Å²) in [6.07, 6.45) is 0.397. The number of hydrogen-bond donors (Lipinski definition) is 4. The Hall–Kier alpha value is -3.17. The van der Waals surface area contributed by atoms with Gasteiger partial charge in [0.25, 0.3) is 0 Å². The minimum atomic E-state index is -0.543. The van der Waals surface area contributed by atoms with Gasteiger partial charge in [0, 0.05) is 29.4 Å². The first-order valence-electron chi connectivity index (χ1n) is 11.1. The number of benzene rings is 2. The number of aliphatic hydroxyl groups excluding tert-OH is 1. The molecule has 1 fully saturated rings. The third-order valence-electron chi connectivity index (χ3n) is 5.84. The van der Waals surface area contributed by atoms with Crippen molar-refractivity contribution in [1.82, 2.24) is 5.32 Å². The number of carbonyl (C=O) groups is 2. The Labute approximate surface area is 191 Å². The van der Waals surface area contributed by atoms with Crippen molar-refractivity contribution in [3.05, 3.63) is 53.8 Å². The van der Waals surface area contributed by atoms with Crippen LogP contribution < -0.4 is 20.7 Å². The van der Waals surface area contributed by atoms with Crippen LogP contribution in [0.25, 0.3) is 0 Å². The number of halogens is 1. The summed E-state index contributed by atoms with van der Waals surface area (Å²) >= 11 is 0. The minimum absolute atomic E-state index is 0.0724. The van der Waals surface area contributed by atoms with Gasteiger partial charge >= 0.3 is 6.03 Å². The van der Waals surface area contributed by atoms with E-state index in [1.54, 1.807) is 12.1 Å². The normalized spacial score (nSPS) is 23.1. The molecule has 0 aromatic heterocycles. The molecule has 176 valence electrons. The maximum Gasteiger partial charge on any atom is 0.323 e. The summed E-state index contributed by atoms with van der Waals surface area (Å²) in [5.74, 6) is 0.140. The van der Waals surface area contributed by atoms with Gasteiger partial charge < -0.3 is 30.5 Å². The van der Waals surface area contributed by atoms with Crippen LogP contribution in [-0.4, -0.2) is 48.5 Å². The highest BCUT2D eigenvalue weighted by molar-refractivity contribution is 5.99. The van der Waals surface area contributed by atoms with Gasteiger partial charge in [0.2, 0.25) is 5.91 Å². The number of aliphatic hydroxyl groups is 1. The summed E-state index contributed by atoms with van der Waals surface area (Å²) in [4.78, 5) is 24.5. The summed E-state index contributed by atoms with van der Waals surface area (Å²) in [6.45, 7) is 2.39. The number of ether oxygens (including phenoxy) is 2. The number of carbonyl (C=O) groups excluding carboxylic acids is 2. The van der Waals surface area contributed by atoms with E-state index in [4.69, 9.17) is 9.47 Å². The molecule has 8 nitrogen and oxygen atoms in total. The van der Waals surface area contributed by atoms with Crippen molar-refractivity contribution in [2.24, 2.45) is 0 Å². The van der Waals surface area contributed by atoms with Crippen molar-refractivity contribution in [3.8, 4) is 5.75 Å². The third kappa shape index (κ3) is 5.43.